The van der Waals surface area contributed by atoms with Crippen LogP contribution in [0.1, 0.15) is 25.7 Å². The van der Waals surface area contributed by atoms with E-state index in [0.717, 1.165) is 25.7 Å². The highest BCUT2D eigenvalue weighted by Crippen LogP contribution is 2.26. The lowest BCUT2D eigenvalue weighted by Gasteiger charge is -2.27. The Morgan fingerprint density at radius 2 is 1.89 bits per heavy atom. The molecule has 19 heavy (non-hydrogen) atoms. The third-order valence-corrected chi connectivity index (χ3v) is 6.39. The lowest BCUT2D eigenvalue weighted by Crippen LogP contribution is -2.40. The number of rotatable bonds is 3. The smallest absolute Gasteiger partial charge is 0.207 e. The molecule has 1 fully saturated rings. The number of benzene rings is 1. The van der Waals surface area contributed by atoms with Crippen LogP contribution in [0, 0.1) is 0 Å². The van der Waals surface area contributed by atoms with Crippen molar-refractivity contribution in [3.05, 3.63) is 29.3 Å². The Morgan fingerprint density at radius 3 is 2.53 bits per heavy atom. The van der Waals surface area contributed by atoms with E-state index < -0.39 is 10.0 Å². The maximum Gasteiger partial charge on any atom is 0.243 e. The minimum Gasteiger partial charge on any atom is -0.207 e. The monoisotopic (exact) mass is 365 g/mol. The van der Waals surface area contributed by atoms with Gasteiger partial charge in [-0.2, -0.15) is 4.31 Å². The molecule has 106 valence electrons. The fourth-order valence-electron chi connectivity index (χ4n) is 2.36. The van der Waals surface area contributed by atoms with Crippen molar-refractivity contribution >= 4 is 37.6 Å². The first-order valence-electron chi connectivity index (χ1n) is 6.39. The molecule has 1 unspecified atom stereocenters. The van der Waals surface area contributed by atoms with Gasteiger partial charge in [0.05, 0.1) is 4.90 Å². The molecule has 1 saturated heterocycles. The number of sulfonamides is 1. The number of hydrogen-bond donors (Lipinski definition) is 0. The van der Waals surface area contributed by atoms with Crippen molar-refractivity contribution in [2.45, 2.75) is 36.6 Å². The van der Waals surface area contributed by atoms with Crippen LogP contribution in [0.15, 0.2) is 29.2 Å². The summed E-state index contributed by atoms with van der Waals surface area (Å²) >= 11 is 9.25. The topological polar surface area (TPSA) is 37.4 Å². The average molecular weight is 367 g/mol. The first-order chi connectivity index (χ1) is 9.05. The summed E-state index contributed by atoms with van der Waals surface area (Å²) in [5, 5.41) is 1.23. The van der Waals surface area contributed by atoms with Crippen LogP contribution >= 0.6 is 27.5 Å². The Hall–Kier alpha value is -0.100. The van der Waals surface area contributed by atoms with Crippen LogP contribution in [0.3, 0.4) is 0 Å². The highest BCUT2D eigenvalue weighted by atomic mass is 79.9. The van der Waals surface area contributed by atoms with E-state index in [1.165, 1.54) is 0 Å². The van der Waals surface area contributed by atoms with E-state index in [4.69, 9.17) is 11.6 Å². The first kappa shape index (κ1) is 15.3. The summed E-state index contributed by atoms with van der Waals surface area (Å²) < 4.78 is 27.0. The van der Waals surface area contributed by atoms with Gasteiger partial charge in [0.25, 0.3) is 0 Å². The molecule has 1 aromatic carbocycles. The number of halogens is 2. The third kappa shape index (κ3) is 3.51. The van der Waals surface area contributed by atoms with Gasteiger partial charge in [0.1, 0.15) is 0 Å². The minimum absolute atomic E-state index is 0.0446. The van der Waals surface area contributed by atoms with Gasteiger partial charge in [0.2, 0.25) is 10.0 Å². The molecule has 0 radical (unpaired) electrons. The molecule has 2 rings (SSSR count). The maximum absolute atomic E-state index is 12.7. The van der Waals surface area contributed by atoms with E-state index in [9.17, 15) is 8.42 Å². The summed E-state index contributed by atoms with van der Waals surface area (Å²) in [5.74, 6) is 0. The van der Waals surface area contributed by atoms with Gasteiger partial charge in [-0.15, -0.1) is 0 Å². The van der Waals surface area contributed by atoms with E-state index in [1.54, 1.807) is 28.6 Å². The van der Waals surface area contributed by atoms with E-state index in [-0.39, 0.29) is 6.04 Å². The zero-order valence-corrected chi connectivity index (χ0v) is 13.7. The third-order valence-electron chi connectivity index (χ3n) is 3.42. The van der Waals surface area contributed by atoms with Crippen molar-refractivity contribution in [1.82, 2.24) is 4.31 Å². The molecule has 1 aromatic rings. The molecule has 1 heterocycles. The summed E-state index contributed by atoms with van der Waals surface area (Å²) in [5.41, 5.74) is 0. The van der Waals surface area contributed by atoms with E-state index in [2.05, 4.69) is 15.9 Å². The quantitative estimate of drug-likeness (QED) is 0.765. The van der Waals surface area contributed by atoms with Crippen molar-refractivity contribution in [2.24, 2.45) is 0 Å². The number of alkyl halides is 1. The van der Waals surface area contributed by atoms with Crippen LogP contribution in [0.2, 0.25) is 5.02 Å². The molecule has 1 aliphatic rings. The molecular weight excluding hydrogens is 350 g/mol. The predicted octanol–water partition coefficient (Wildman–Crippen LogP) is 3.67. The Kier molecular flexibility index (Phi) is 5.29. The highest BCUT2D eigenvalue weighted by molar-refractivity contribution is 9.09. The molecule has 0 aromatic heterocycles. The van der Waals surface area contributed by atoms with Gasteiger partial charge in [-0.1, -0.05) is 40.4 Å². The summed E-state index contributed by atoms with van der Waals surface area (Å²) in [6.07, 6.45) is 4.02. The SMILES string of the molecule is O=S(=O)(c1ccc(Cl)cc1)N1CCCCCC1CBr. The second-order valence-electron chi connectivity index (χ2n) is 4.73. The van der Waals surface area contributed by atoms with E-state index in [1.807, 2.05) is 0 Å². The highest BCUT2D eigenvalue weighted by Gasteiger charge is 2.31. The molecule has 0 aliphatic carbocycles. The van der Waals surface area contributed by atoms with Crippen LogP contribution < -0.4 is 0 Å². The molecule has 6 heteroatoms. The molecular formula is C13H17BrClNO2S. The number of hydrogen-bond acceptors (Lipinski definition) is 2. The predicted molar refractivity (Wildman–Crippen MR) is 81.4 cm³/mol. The van der Waals surface area contributed by atoms with Crippen LogP contribution in [-0.4, -0.2) is 30.6 Å². The minimum atomic E-state index is -3.42. The maximum atomic E-state index is 12.7. The zero-order chi connectivity index (χ0) is 13.9. The molecule has 0 spiro atoms. The van der Waals surface area contributed by atoms with Gasteiger partial charge in [0, 0.05) is 22.9 Å². The van der Waals surface area contributed by atoms with Gasteiger partial charge in [-0.3, -0.25) is 0 Å². The summed E-state index contributed by atoms with van der Waals surface area (Å²) in [6.45, 7) is 0.598. The van der Waals surface area contributed by atoms with Crippen LogP contribution in [0.5, 0.6) is 0 Å². The normalized spacial score (nSPS) is 22.1. The molecule has 3 nitrogen and oxygen atoms in total. The molecule has 1 aliphatic heterocycles. The van der Waals surface area contributed by atoms with Crippen molar-refractivity contribution in [3.63, 3.8) is 0 Å². The van der Waals surface area contributed by atoms with Crippen LogP contribution in [-0.2, 0) is 10.0 Å². The van der Waals surface area contributed by atoms with E-state index in [0.29, 0.717) is 21.8 Å². The van der Waals surface area contributed by atoms with Gasteiger partial charge in [-0.05, 0) is 37.1 Å². The Bertz CT molecular complexity index is 518. The Morgan fingerprint density at radius 1 is 1.21 bits per heavy atom. The van der Waals surface area contributed by atoms with Crippen molar-refractivity contribution < 1.29 is 8.42 Å². The molecule has 0 amide bonds. The van der Waals surface area contributed by atoms with Crippen LogP contribution in [0.25, 0.3) is 0 Å². The van der Waals surface area contributed by atoms with Crippen molar-refractivity contribution in [3.8, 4) is 0 Å². The lowest BCUT2D eigenvalue weighted by molar-refractivity contribution is 0.347. The Labute approximate surface area is 128 Å². The number of nitrogens with zero attached hydrogens (tertiary/aromatic N) is 1. The largest absolute Gasteiger partial charge is 0.243 e. The Balaban J connectivity index is 2.33. The van der Waals surface area contributed by atoms with Crippen molar-refractivity contribution in [1.29, 1.82) is 0 Å². The average Bonchev–Trinajstić information content (AvgIpc) is 2.64. The van der Waals surface area contributed by atoms with Gasteiger partial charge < -0.3 is 0 Å². The standard InChI is InChI=1S/C13H17BrClNO2S/c14-10-12-4-2-1-3-9-16(12)19(17,18)13-7-5-11(15)6-8-13/h5-8,12H,1-4,9-10H2. The molecule has 0 saturated carbocycles. The molecule has 0 bridgehead atoms. The molecule has 0 N–H and O–H groups in total. The van der Waals surface area contributed by atoms with Crippen molar-refractivity contribution in [2.75, 3.05) is 11.9 Å². The van der Waals surface area contributed by atoms with Crippen LogP contribution in [0.4, 0.5) is 0 Å². The zero-order valence-electron chi connectivity index (χ0n) is 10.6. The fourth-order valence-corrected chi connectivity index (χ4v) is 5.05. The van der Waals surface area contributed by atoms with Gasteiger partial charge in [-0.25, -0.2) is 8.42 Å². The molecule has 1 atom stereocenters. The van der Waals surface area contributed by atoms with E-state index >= 15 is 0 Å². The second-order valence-corrected chi connectivity index (χ2v) is 7.70. The summed E-state index contributed by atoms with van der Waals surface area (Å²) in [4.78, 5) is 0.324. The first-order valence-corrected chi connectivity index (χ1v) is 9.33. The summed E-state index contributed by atoms with van der Waals surface area (Å²) in [6, 6.07) is 6.44. The second kappa shape index (κ2) is 6.57. The van der Waals surface area contributed by atoms with Gasteiger partial charge in [0.15, 0.2) is 0 Å². The van der Waals surface area contributed by atoms with Gasteiger partial charge >= 0.3 is 0 Å². The fraction of sp³-hybridized carbons (Fsp3) is 0.538. The summed E-state index contributed by atoms with van der Waals surface area (Å²) in [7, 11) is -3.42. The lowest BCUT2D eigenvalue weighted by atomic mass is 10.1.